The van der Waals surface area contributed by atoms with Crippen LogP contribution in [0.15, 0.2) is 67.0 Å². The molecular formula is C26H31ClN4O2. The van der Waals surface area contributed by atoms with Crippen LogP contribution in [-0.4, -0.2) is 40.3 Å². The van der Waals surface area contributed by atoms with E-state index in [0.717, 1.165) is 49.2 Å². The maximum Gasteiger partial charge on any atom is 0.228 e. The number of amides is 1. The number of unbranched alkanes of at least 4 members (excludes halogenated alkanes) is 1. The second-order valence-electron chi connectivity index (χ2n) is 8.45. The molecule has 7 heteroatoms. The van der Waals surface area contributed by atoms with Crippen LogP contribution < -0.4 is 5.32 Å². The molecule has 1 saturated heterocycles. The number of anilines is 1. The number of carbonyl (C=O) groups excluding carboxylic acids is 1. The molecule has 1 aliphatic rings. The van der Waals surface area contributed by atoms with Crippen LogP contribution in [0, 0.1) is 5.92 Å². The number of rotatable bonds is 9. The van der Waals surface area contributed by atoms with Gasteiger partial charge in [-0.2, -0.15) is 5.10 Å². The first kappa shape index (κ1) is 23.5. The third kappa shape index (κ3) is 6.22. The number of nitrogens with one attached hydrogen (secondary N) is 1. The van der Waals surface area contributed by atoms with Gasteiger partial charge in [0.25, 0.3) is 0 Å². The van der Waals surface area contributed by atoms with E-state index in [0.29, 0.717) is 18.2 Å². The minimum absolute atomic E-state index is 0.0448. The minimum Gasteiger partial charge on any atom is -0.359 e. The van der Waals surface area contributed by atoms with Gasteiger partial charge < -0.3 is 10.1 Å². The summed E-state index contributed by atoms with van der Waals surface area (Å²) in [6.45, 7) is 4.43. The lowest BCUT2D eigenvalue weighted by Gasteiger charge is -2.37. The highest BCUT2D eigenvalue weighted by Crippen LogP contribution is 2.30. The molecule has 0 spiro atoms. The van der Waals surface area contributed by atoms with Gasteiger partial charge >= 0.3 is 0 Å². The van der Waals surface area contributed by atoms with Gasteiger partial charge in [0.2, 0.25) is 5.91 Å². The Morgan fingerprint density at radius 2 is 2.00 bits per heavy atom. The van der Waals surface area contributed by atoms with Crippen molar-refractivity contribution in [1.29, 1.82) is 0 Å². The first-order chi connectivity index (χ1) is 16.1. The van der Waals surface area contributed by atoms with Gasteiger partial charge in [-0.3, -0.25) is 9.69 Å². The van der Waals surface area contributed by atoms with E-state index in [1.54, 1.807) is 18.3 Å². The quantitative estimate of drug-likeness (QED) is 0.411. The number of ether oxygens (including phenoxy) is 1. The average molecular weight is 467 g/mol. The van der Waals surface area contributed by atoms with Crippen molar-refractivity contribution in [2.24, 2.45) is 5.92 Å². The zero-order valence-electron chi connectivity index (χ0n) is 19.0. The summed E-state index contributed by atoms with van der Waals surface area (Å²) in [5.41, 5.74) is 2.88. The van der Waals surface area contributed by atoms with Gasteiger partial charge in [0.1, 0.15) is 6.23 Å². The lowest BCUT2D eigenvalue weighted by atomic mass is 9.96. The van der Waals surface area contributed by atoms with Crippen molar-refractivity contribution < 1.29 is 9.53 Å². The van der Waals surface area contributed by atoms with Crippen LogP contribution in [0.5, 0.6) is 0 Å². The van der Waals surface area contributed by atoms with E-state index >= 15 is 0 Å². The molecule has 3 aromatic rings. The van der Waals surface area contributed by atoms with Gasteiger partial charge in [-0.15, -0.1) is 0 Å². The molecule has 2 unspecified atom stereocenters. The highest BCUT2D eigenvalue weighted by molar-refractivity contribution is 6.30. The summed E-state index contributed by atoms with van der Waals surface area (Å²) in [6.07, 6.45) is 7.45. The molecule has 174 valence electrons. The molecular weight excluding hydrogens is 436 g/mol. The van der Waals surface area contributed by atoms with E-state index in [-0.39, 0.29) is 18.1 Å². The number of benzene rings is 2. The number of carbonyl (C=O) groups is 1. The lowest BCUT2D eigenvalue weighted by Crippen LogP contribution is -2.43. The van der Waals surface area contributed by atoms with Gasteiger partial charge in [0.15, 0.2) is 0 Å². The Kier molecular flexibility index (Phi) is 8.15. The third-order valence-electron chi connectivity index (χ3n) is 5.99. The van der Waals surface area contributed by atoms with Crippen molar-refractivity contribution in [3.8, 4) is 5.69 Å². The Balaban J connectivity index is 1.46. The molecule has 1 aromatic heterocycles. The van der Waals surface area contributed by atoms with E-state index in [1.807, 2.05) is 29.1 Å². The maximum atomic E-state index is 13.0. The fourth-order valence-electron chi connectivity index (χ4n) is 4.18. The van der Waals surface area contributed by atoms with Gasteiger partial charge in [-0.05, 0) is 67.3 Å². The maximum absolute atomic E-state index is 13.0. The molecule has 33 heavy (non-hydrogen) atoms. The molecule has 1 N–H and O–H groups in total. The monoisotopic (exact) mass is 466 g/mol. The SMILES string of the molecule is CCCCOC(c1ccc(-n2cccn2)cc1)N1CCCC(C(=O)Nc2ccc(Cl)cc2)C1. The normalized spacial score (nSPS) is 17.6. The second kappa shape index (κ2) is 11.5. The number of likely N-dealkylation sites (tertiary alicyclic amines) is 1. The number of hydrogen-bond donors (Lipinski definition) is 1. The molecule has 4 rings (SSSR count). The number of piperidine rings is 1. The molecule has 0 bridgehead atoms. The zero-order valence-corrected chi connectivity index (χ0v) is 19.7. The van der Waals surface area contributed by atoms with Crippen LogP contribution in [0.25, 0.3) is 5.69 Å². The third-order valence-corrected chi connectivity index (χ3v) is 6.24. The molecule has 1 amide bonds. The molecule has 6 nitrogen and oxygen atoms in total. The van der Waals surface area contributed by atoms with Crippen LogP contribution in [0.3, 0.4) is 0 Å². The van der Waals surface area contributed by atoms with E-state index in [2.05, 4.69) is 46.5 Å². The fourth-order valence-corrected chi connectivity index (χ4v) is 4.30. The number of nitrogens with zero attached hydrogens (tertiary/aromatic N) is 3. The first-order valence-corrected chi connectivity index (χ1v) is 12.0. The Labute approximate surface area is 200 Å². The van der Waals surface area contributed by atoms with Crippen molar-refractivity contribution in [1.82, 2.24) is 14.7 Å². The number of halogens is 1. The van der Waals surface area contributed by atoms with Crippen molar-refractivity contribution in [2.75, 3.05) is 25.0 Å². The van der Waals surface area contributed by atoms with Crippen LogP contribution in [0.2, 0.25) is 5.02 Å². The van der Waals surface area contributed by atoms with Crippen molar-refractivity contribution >= 4 is 23.2 Å². The summed E-state index contributed by atoms with van der Waals surface area (Å²) in [7, 11) is 0. The second-order valence-corrected chi connectivity index (χ2v) is 8.89. The van der Waals surface area contributed by atoms with E-state index < -0.39 is 0 Å². The average Bonchev–Trinajstić information content (AvgIpc) is 3.39. The highest BCUT2D eigenvalue weighted by Gasteiger charge is 2.31. The Morgan fingerprint density at radius 1 is 1.21 bits per heavy atom. The Morgan fingerprint density at radius 3 is 2.70 bits per heavy atom. The predicted octanol–water partition coefficient (Wildman–Crippen LogP) is 5.69. The summed E-state index contributed by atoms with van der Waals surface area (Å²) in [6, 6.07) is 17.5. The summed E-state index contributed by atoms with van der Waals surface area (Å²) in [5.74, 6) is -0.0431. The van der Waals surface area contributed by atoms with Crippen LogP contribution in [-0.2, 0) is 9.53 Å². The molecule has 2 atom stereocenters. The molecule has 2 aromatic carbocycles. The summed E-state index contributed by atoms with van der Waals surface area (Å²) < 4.78 is 8.20. The standard InChI is InChI=1S/C26H31ClN4O2/c1-2-3-18-33-26(20-7-13-24(14-8-20)31-17-5-15-28-31)30-16-4-6-21(19-30)25(32)29-23-11-9-22(27)10-12-23/h5,7-15,17,21,26H,2-4,6,16,18-19H2,1H3,(H,29,32). The minimum atomic E-state index is -0.172. The van der Waals surface area contributed by atoms with Gasteiger partial charge in [0.05, 0.1) is 11.6 Å². The fraction of sp³-hybridized carbons (Fsp3) is 0.385. The van der Waals surface area contributed by atoms with Crippen LogP contribution in [0.4, 0.5) is 5.69 Å². The predicted molar refractivity (Wildman–Crippen MR) is 132 cm³/mol. The molecule has 1 fully saturated rings. The van der Waals surface area contributed by atoms with E-state index in [9.17, 15) is 4.79 Å². The van der Waals surface area contributed by atoms with Crippen LogP contribution >= 0.6 is 11.6 Å². The summed E-state index contributed by atoms with van der Waals surface area (Å²) in [4.78, 5) is 15.3. The molecule has 0 saturated carbocycles. The Bertz CT molecular complexity index is 1010. The lowest BCUT2D eigenvalue weighted by molar-refractivity contribution is -0.125. The van der Waals surface area contributed by atoms with Crippen molar-refractivity contribution in [3.63, 3.8) is 0 Å². The summed E-state index contributed by atoms with van der Waals surface area (Å²) in [5, 5.41) is 8.00. The highest BCUT2D eigenvalue weighted by atomic mass is 35.5. The molecule has 2 heterocycles. The zero-order chi connectivity index (χ0) is 23.0. The molecule has 0 radical (unpaired) electrons. The van der Waals surface area contributed by atoms with Gasteiger partial charge in [-0.1, -0.05) is 37.1 Å². The topological polar surface area (TPSA) is 59.4 Å². The van der Waals surface area contributed by atoms with Gasteiger partial charge in [-0.25, -0.2) is 4.68 Å². The summed E-state index contributed by atoms with van der Waals surface area (Å²) >= 11 is 5.96. The van der Waals surface area contributed by atoms with Crippen molar-refractivity contribution in [2.45, 2.75) is 38.8 Å². The smallest absolute Gasteiger partial charge is 0.228 e. The van der Waals surface area contributed by atoms with E-state index in [4.69, 9.17) is 16.3 Å². The molecule has 1 aliphatic heterocycles. The largest absolute Gasteiger partial charge is 0.359 e. The van der Waals surface area contributed by atoms with Gasteiger partial charge in [0, 0.05) is 42.8 Å². The molecule has 0 aliphatic carbocycles. The van der Waals surface area contributed by atoms with Crippen LogP contribution in [0.1, 0.15) is 44.4 Å². The van der Waals surface area contributed by atoms with E-state index in [1.165, 1.54) is 0 Å². The van der Waals surface area contributed by atoms with Crippen molar-refractivity contribution in [3.05, 3.63) is 77.6 Å². The number of aromatic nitrogens is 2. The number of hydrogen-bond acceptors (Lipinski definition) is 4. The Hall–Kier alpha value is -2.67. The first-order valence-electron chi connectivity index (χ1n) is 11.7.